The molecule has 13 heavy (non-hydrogen) atoms. The van der Waals surface area contributed by atoms with E-state index in [0.717, 1.165) is 5.56 Å². The maximum atomic E-state index is 3.16. The molecule has 0 spiro atoms. The van der Waals surface area contributed by atoms with Crippen molar-refractivity contribution in [2.45, 2.75) is 27.7 Å². The van der Waals surface area contributed by atoms with E-state index in [-0.39, 0.29) is 0 Å². The summed E-state index contributed by atoms with van der Waals surface area (Å²) in [4.78, 5) is 0. The smallest absolute Gasteiger partial charge is 0.0248 e. The van der Waals surface area contributed by atoms with Gasteiger partial charge < -0.3 is 0 Å². The molecule has 0 saturated heterocycles. The summed E-state index contributed by atoms with van der Waals surface area (Å²) in [5.41, 5.74) is 3.77. The van der Waals surface area contributed by atoms with Crippen LogP contribution in [0.5, 0.6) is 0 Å². The third-order valence-corrected chi connectivity index (χ3v) is 2.01. The second-order valence-corrected chi connectivity index (χ2v) is 3.72. The van der Waals surface area contributed by atoms with Crippen LogP contribution in [0.1, 0.15) is 30.5 Å². The lowest BCUT2D eigenvalue weighted by Gasteiger charge is -1.99. The fraction of sp³-hybridized carbons (Fsp3) is 0.385. The van der Waals surface area contributed by atoms with E-state index < -0.39 is 0 Å². The number of benzene rings is 1. The van der Waals surface area contributed by atoms with Crippen molar-refractivity contribution in [1.82, 2.24) is 0 Å². The van der Waals surface area contributed by atoms with Gasteiger partial charge in [-0.3, -0.25) is 0 Å². The largest absolute Gasteiger partial charge is 0.0951 e. The van der Waals surface area contributed by atoms with Crippen LogP contribution in [0.25, 0.3) is 0 Å². The highest BCUT2D eigenvalue weighted by Gasteiger charge is 1.92. The zero-order chi connectivity index (χ0) is 9.84. The molecule has 0 aromatic heterocycles. The Morgan fingerprint density at radius 2 is 1.77 bits per heavy atom. The number of hydrogen-bond donors (Lipinski definition) is 0. The van der Waals surface area contributed by atoms with Crippen molar-refractivity contribution in [2.75, 3.05) is 0 Å². The van der Waals surface area contributed by atoms with Gasteiger partial charge in [-0.2, -0.15) is 0 Å². The first-order valence-electron chi connectivity index (χ1n) is 4.68. The Morgan fingerprint density at radius 3 is 2.31 bits per heavy atom. The van der Waals surface area contributed by atoms with Crippen LogP contribution in [0.3, 0.4) is 0 Å². The first kappa shape index (κ1) is 9.86. The summed E-state index contributed by atoms with van der Waals surface area (Å²) in [5.74, 6) is 6.77. The molecule has 0 fully saturated rings. The van der Waals surface area contributed by atoms with Crippen molar-refractivity contribution in [1.29, 1.82) is 0 Å². The topological polar surface area (TPSA) is 0 Å². The summed E-state index contributed by atoms with van der Waals surface area (Å²) in [5, 5.41) is 0. The molecule has 0 heterocycles. The summed E-state index contributed by atoms with van der Waals surface area (Å²) in [7, 11) is 0. The summed E-state index contributed by atoms with van der Waals surface area (Å²) in [6.45, 7) is 8.45. The molecule has 68 valence electrons. The van der Waals surface area contributed by atoms with Crippen LogP contribution in [0.15, 0.2) is 18.2 Å². The second kappa shape index (κ2) is 4.14. The molecule has 0 unspecified atom stereocenters. The van der Waals surface area contributed by atoms with E-state index in [1.807, 2.05) is 0 Å². The SMILES string of the molecule is Cc1ccc(C#CC(C)C)cc1C. The van der Waals surface area contributed by atoms with Gasteiger partial charge in [0.15, 0.2) is 0 Å². The third-order valence-electron chi connectivity index (χ3n) is 2.01. The van der Waals surface area contributed by atoms with Crippen molar-refractivity contribution in [2.24, 2.45) is 5.92 Å². The molecule has 1 aromatic carbocycles. The molecule has 0 amide bonds. The van der Waals surface area contributed by atoms with E-state index in [1.165, 1.54) is 11.1 Å². The van der Waals surface area contributed by atoms with Gasteiger partial charge in [0.1, 0.15) is 0 Å². The Bertz CT molecular complexity index is 348. The van der Waals surface area contributed by atoms with Crippen molar-refractivity contribution >= 4 is 0 Å². The van der Waals surface area contributed by atoms with Crippen LogP contribution in [0.2, 0.25) is 0 Å². The maximum Gasteiger partial charge on any atom is 0.0248 e. The Morgan fingerprint density at radius 1 is 1.08 bits per heavy atom. The van der Waals surface area contributed by atoms with Crippen molar-refractivity contribution in [3.8, 4) is 11.8 Å². The fourth-order valence-corrected chi connectivity index (χ4v) is 1.05. The van der Waals surface area contributed by atoms with Gasteiger partial charge in [0.25, 0.3) is 0 Å². The van der Waals surface area contributed by atoms with Gasteiger partial charge in [-0.1, -0.05) is 31.8 Å². The minimum Gasteiger partial charge on any atom is -0.0951 e. The minimum atomic E-state index is 0.446. The van der Waals surface area contributed by atoms with E-state index in [0.29, 0.717) is 5.92 Å². The molecule has 0 saturated carbocycles. The Hall–Kier alpha value is -1.22. The van der Waals surface area contributed by atoms with Gasteiger partial charge in [-0.15, -0.1) is 0 Å². The molecule has 0 N–H and O–H groups in total. The molecule has 0 atom stereocenters. The highest BCUT2D eigenvalue weighted by molar-refractivity contribution is 5.40. The lowest BCUT2D eigenvalue weighted by molar-refractivity contribution is 0.866. The molecule has 0 radical (unpaired) electrons. The van der Waals surface area contributed by atoms with Crippen LogP contribution in [0.4, 0.5) is 0 Å². The van der Waals surface area contributed by atoms with E-state index in [2.05, 4.69) is 57.7 Å². The molecule has 1 rings (SSSR count). The molecular weight excluding hydrogens is 156 g/mol. The summed E-state index contributed by atoms with van der Waals surface area (Å²) in [6, 6.07) is 6.35. The van der Waals surface area contributed by atoms with Crippen LogP contribution >= 0.6 is 0 Å². The van der Waals surface area contributed by atoms with Gasteiger partial charge in [0.05, 0.1) is 0 Å². The standard InChI is InChI=1S/C13H16/c1-10(2)5-7-13-8-6-11(3)12(4)9-13/h6,8-10H,1-4H3. The zero-order valence-corrected chi connectivity index (χ0v) is 8.81. The van der Waals surface area contributed by atoms with E-state index in [9.17, 15) is 0 Å². The minimum absolute atomic E-state index is 0.446. The molecular formula is C13H16. The van der Waals surface area contributed by atoms with Gasteiger partial charge in [0.2, 0.25) is 0 Å². The monoisotopic (exact) mass is 172 g/mol. The molecule has 1 aromatic rings. The number of aryl methyl sites for hydroxylation is 2. The average Bonchev–Trinajstić information content (AvgIpc) is 2.07. The molecule has 0 nitrogen and oxygen atoms in total. The highest BCUT2D eigenvalue weighted by atomic mass is 14.0. The lowest BCUT2D eigenvalue weighted by atomic mass is 10.1. The predicted molar refractivity (Wildman–Crippen MR) is 57.6 cm³/mol. The zero-order valence-electron chi connectivity index (χ0n) is 8.81. The van der Waals surface area contributed by atoms with Crippen LogP contribution in [-0.4, -0.2) is 0 Å². The molecule has 0 aliphatic carbocycles. The number of hydrogen-bond acceptors (Lipinski definition) is 0. The summed E-state index contributed by atoms with van der Waals surface area (Å²) < 4.78 is 0. The first-order valence-corrected chi connectivity index (χ1v) is 4.68. The van der Waals surface area contributed by atoms with Crippen molar-refractivity contribution < 1.29 is 0 Å². The van der Waals surface area contributed by atoms with E-state index in [1.54, 1.807) is 0 Å². The number of rotatable bonds is 0. The average molecular weight is 172 g/mol. The normalized spacial score (nSPS) is 9.62. The molecule has 0 heteroatoms. The Balaban J connectivity index is 2.94. The van der Waals surface area contributed by atoms with Gasteiger partial charge in [-0.25, -0.2) is 0 Å². The summed E-state index contributed by atoms with van der Waals surface area (Å²) in [6.07, 6.45) is 0. The van der Waals surface area contributed by atoms with Gasteiger partial charge in [0, 0.05) is 11.5 Å². The summed E-state index contributed by atoms with van der Waals surface area (Å²) >= 11 is 0. The van der Waals surface area contributed by atoms with Gasteiger partial charge in [-0.05, 0) is 37.1 Å². The van der Waals surface area contributed by atoms with Gasteiger partial charge >= 0.3 is 0 Å². The molecule has 0 aliphatic rings. The second-order valence-electron chi connectivity index (χ2n) is 3.72. The predicted octanol–water partition coefficient (Wildman–Crippen LogP) is 3.31. The quantitative estimate of drug-likeness (QED) is 0.527. The maximum absolute atomic E-state index is 3.16. The van der Waals surface area contributed by atoms with E-state index >= 15 is 0 Å². The molecule has 0 aliphatic heterocycles. The molecule has 0 bridgehead atoms. The first-order chi connectivity index (χ1) is 6.09. The fourth-order valence-electron chi connectivity index (χ4n) is 1.05. The highest BCUT2D eigenvalue weighted by Crippen LogP contribution is 2.08. The van der Waals surface area contributed by atoms with Crippen LogP contribution in [0, 0.1) is 31.6 Å². The lowest BCUT2D eigenvalue weighted by Crippen LogP contribution is -1.83. The van der Waals surface area contributed by atoms with Crippen molar-refractivity contribution in [3.63, 3.8) is 0 Å². The van der Waals surface area contributed by atoms with Crippen LogP contribution < -0.4 is 0 Å². The third kappa shape index (κ3) is 2.95. The van der Waals surface area contributed by atoms with E-state index in [4.69, 9.17) is 0 Å². The van der Waals surface area contributed by atoms with Crippen molar-refractivity contribution in [3.05, 3.63) is 34.9 Å². The van der Waals surface area contributed by atoms with Crippen LogP contribution in [-0.2, 0) is 0 Å². The Labute approximate surface area is 81.0 Å². The Kier molecular flexibility index (Phi) is 3.14.